The first-order valence-corrected chi connectivity index (χ1v) is 13.5. The number of ketones is 1. The third kappa shape index (κ3) is 5.77. The van der Waals surface area contributed by atoms with E-state index in [9.17, 15) is 9.59 Å². The van der Waals surface area contributed by atoms with E-state index < -0.39 is 0 Å². The van der Waals surface area contributed by atoms with Gasteiger partial charge < -0.3 is 10.1 Å². The molecule has 1 saturated carbocycles. The standard InChI is InChI=1S/C33H34N2O3/c1-3-4-16-34-33(37)25-14-12-24(13-15-25)26-19-28-27(17-22-8-6-5-7-9-22)29(31(36)18-23-10-11-23)21-35-30(28)20-32(26)38-2/h5-9,12-15,19-21,23H,3-4,10-11,16-18H2,1-2H3,(H,34,37). The minimum atomic E-state index is -0.0661. The minimum absolute atomic E-state index is 0.0661. The molecule has 1 aliphatic carbocycles. The summed E-state index contributed by atoms with van der Waals surface area (Å²) in [5, 5.41) is 3.92. The number of hydrogen-bond donors (Lipinski definition) is 1. The number of pyridine rings is 1. The second-order valence-corrected chi connectivity index (χ2v) is 10.1. The van der Waals surface area contributed by atoms with E-state index in [-0.39, 0.29) is 11.7 Å². The molecule has 0 spiro atoms. The molecule has 0 unspecified atom stereocenters. The molecule has 194 valence electrons. The SMILES string of the molecule is CCCCNC(=O)c1ccc(-c2cc3c(Cc4ccccc4)c(C(=O)CC4CC4)cnc3cc2OC)cc1. The number of unbranched alkanes of at least 4 members (excludes halogenated alkanes) is 1. The second-order valence-electron chi connectivity index (χ2n) is 10.1. The summed E-state index contributed by atoms with van der Waals surface area (Å²) in [6.07, 6.45) is 7.24. The summed E-state index contributed by atoms with van der Waals surface area (Å²) in [4.78, 5) is 30.5. The molecule has 1 fully saturated rings. The van der Waals surface area contributed by atoms with Crippen molar-refractivity contribution < 1.29 is 14.3 Å². The number of carbonyl (C=O) groups excluding carboxylic acids is 2. The summed E-state index contributed by atoms with van der Waals surface area (Å²) in [5.41, 5.74) is 6.13. The molecule has 5 nitrogen and oxygen atoms in total. The lowest BCUT2D eigenvalue weighted by Gasteiger charge is -2.16. The summed E-state index contributed by atoms with van der Waals surface area (Å²) in [6, 6.07) is 21.9. The van der Waals surface area contributed by atoms with Crippen molar-refractivity contribution >= 4 is 22.6 Å². The smallest absolute Gasteiger partial charge is 0.251 e. The van der Waals surface area contributed by atoms with Gasteiger partial charge in [-0.2, -0.15) is 0 Å². The highest BCUT2D eigenvalue weighted by atomic mass is 16.5. The lowest BCUT2D eigenvalue weighted by atomic mass is 9.91. The van der Waals surface area contributed by atoms with Crippen LogP contribution in [0.25, 0.3) is 22.0 Å². The molecule has 1 aromatic heterocycles. The maximum Gasteiger partial charge on any atom is 0.251 e. The third-order valence-electron chi connectivity index (χ3n) is 7.27. The first-order valence-electron chi connectivity index (χ1n) is 13.5. The quantitative estimate of drug-likeness (QED) is 0.175. The first-order chi connectivity index (χ1) is 18.6. The van der Waals surface area contributed by atoms with E-state index in [1.165, 1.54) is 0 Å². The van der Waals surface area contributed by atoms with Crippen LogP contribution < -0.4 is 10.1 Å². The summed E-state index contributed by atoms with van der Waals surface area (Å²) in [6.45, 7) is 2.78. The summed E-state index contributed by atoms with van der Waals surface area (Å²) >= 11 is 0. The van der Waals surface area contributed by atoms with Crippen LogP contribution in [0.15, 0.2) is 72.9 Å². The van der Waals surface area contributed by atoms with Crippen LogP contribution in [-0.2, 0) is 6.42 Å². The Balaban J connectivity index is 1.57. The lowest BCUT2D eigenvalue weighted by molar-refractivity contribution is 0.0950. The number of amides is 1. The molecule has 3 aromatic carbocycles. The van der Waals surface area contributed by atoms with Crippen molar-refractivity contribution in [3.05, 3.63) is 95.2 Å². The van der Waals surface area contributed by atoms with Crippen LogP contribution in [-0.4, -0.2) is 30.3 Å². The van der Waals surface area contributed by atoms with Gasteiger partial charge >= 0.3 is 0 Å². The molecule has 0 atom stereocenters. The Kier molecular flexibility index (Phi) is 7.83. The molecule has 1 amide bonds. The summed E-state index contributed by atoms with van der Waals surface area (Å²) in [7, 11) is 1.65. The zero-order valence-electron chi connectivity index (χ0n) is 22.1. The van der Waals surface area contributed by atoms with Gasteiger partial charge in [-0.25, -0.2) is 0 Å². The van der Waals surface area contributed by atoms with Gasteiger partial charge in [-0.15, -0.1) is 0 Å². The molecule has 1 aliphatic rings. The number of aromatic nitrogens is 1. The number of methoxy groups -OCH3 is 1. The Hall–Kier alpha value is -3.99. The highest BCUT2D eigenvalue weighted by molar-refractivity contribution is 6.03. The van der Waals surface area contributed by atoms with Gasteiger partial charge in [0.25, 0.3) is 5.91 Å². The molecule has 0 aliphatic heterocycles. The van der Waals surface area contributed by atoms with Crippen LogP contribution in [0.4, 0.5) is 0 Å². The van der Waals surface area contributed by atoms with Crippen LogP contribution in [0.5, 0.6) is 5.75 Å². The molecule has 1 N–H and O–H groups in total. The first kappa shape index (κ1) is 25.7. The molecule has 5 rings (SSSR count). The fourth-order valence-electron chi connectivity index (χ4n) is 4.88. The molecule has 38 heavy (non-hydrogen) atoms. The van der Waals surface area contributed by atoms with Crippen molar-refractivity contribution in [1.82, 2.24) is 10.3 Å². The van der Waals surface area contributed by atoms with Gasteiger partial charge in [-0.05, 0) is 66.5 Å². The maximum atomic E-state index is 13.3. The number of hydrogen-bond acceptors (Lipinski definition) is 4. The normalized spacial score (nSPS) is 12.9. The van der Waals surface area contributed by atoms with Gasteiger partial charge in [-0.3, -0.25) is 14.6 Å². The number of nitrogens with one attached hydrogen (secondary N) is 1. The highest BCUT2D eigenvalue weighted by Gasteiger charge is 2.27. The Labute approximate surface area is 224 Å². The van der Waals surface area contributed by atoms with Crippen LogP contribution in [0.1, 0.15) is 70.9 Å². The van der Waals surface area contributed by atoms with E-state index in [0.717, 1.165) is 58.8 Å². The van der Waals surface area contributed by atoms with Gasteiger partial charge in [0, 0.05) is 47.3 Å². The van der Waals surface area contributed by atoms with E-state index in [2.05, 4.69) is 30.4 Å². The van der Waals surface area contributed by atoms with Crippen LogP contribution in [0, 0.1) is 5.92 Å². The Morgan fingerprint density at radius 3 is 2.47 bits per heavy atom. The van der Waals surface area contributed by atoms with E-state index in [1.54, 1.807) is 13.3 Å². The number of rotatable bonds is 11. The number of Topliss-reactive ketones (excluding diaryl/α,β-unsaturated/α-hetero) is 1. The van der Waals surface area contributed by atoms with Crippen molar-refractivity contribution in [2.24, 2.45) is 5.92 Å². The molecule has 0 bridgehead atoms. The monoisotopic (exact) mass is 506 g/mol. The topological polar surface area (TPSA) is 68.3 Å². The Bertz CT molecular complexity index is 1440. The number of benzene rings is 3. The maximum absolute atomic E-state index is 13.3. The van der Waals surface area contributed by atoms with Gasteiger partial charge in [-0.1, -0.05) is 55.8 Å². The van der Waals surface area contributed by atoms with E-state index in [1.807, 2.05) is 48.5 Å². The van der Waals surface area contributed by atoms with Gasteiger partial charge in [0.2, 0.25) is 0 Å². The minimum Gasteiger partial charge on any atom is -0.496 e. The zero-order valence-corrected chi connectivity index (χ0v) is 22.1. The fraction of sp³-hybridized carbons (Fsp3) is 0.303. The Morgan fingerprint density at radius 1 is 1.03 bits per heavy atom. The molecule has 4 aromatic rings. The molecular formula is C33H34N2O3. The number of ether oxygens (including phenoxy) is 1. The van der Waals surface area contributed by atoms with Gasteiger partial charge in [0.1, 0.15) is 5.75 Å². The Morgan fingerprint density at radius 2 is 1.79 bits per heavy atom. The van der Waals surface area contributed by atoms with Crippen LogP contribution in [0.2, 0.25) is 0 Å². The van der Waals surface area contributed by atoms with Crippen LogP contribution >= 0.6 is 0 Å². The van der Waals surface area contributed by atoms with Gasteiger partial charge in [0.15, 0.2) is 5.78 Å². The van der Waals surface area contributed by atoms with Crippen LogP contribution in [0.3, 0.4) is 0 Å². The van der Waals surface area contributed by atoms with Crippen molar-refractivity contribution in [2.45, 2.75) is 45.4 Å². The summed E-state index contributed by atoms with van der Waals surface area (Å²) < 4.78 is 5.76. The molecule has 5 heteroatoms. The predicted octanol–water partition coefficient (Wildman–Crippen LogP) is 7.01. The van der Waals surface area contributed by atoms with Crippen molar-refractivity contribution in [2.75, 3.05) is 13.7 Å². The van der Waals surface area contributed by atoms with Crippen molar-refractivity contribution in [3.8, 4) is 16.9 Å². The molecule has 0 radical (unpaired) electrons. The lowest BCUT2D eigenvalue weighted by Crippen LogP contribution is -2.24. The average Bonchev–Trinajstić information content (AvgIpc) is 3.77. The largest absolute Gasteiger partial charge is 0.496 e. The average molecular weight is 507 g/mol. The van der Waals surface area contributed by atoms with E-state index >= 15 is 0 Å². The van der Waals surface area contributed by atoms with Crippen molar-refractivity contribution in [1.29, 1.82) is 0 Å². The third-order valence-corrected chi connectivity index (χ3v) is 7.27. The summed E-state index contributed by atoms with van der Waals surface area (Å²) in [5.74, 6) is 1.31. The zero-order chi connectivity index (χ0) is 26.5. The van der Waals surface area contributed by atoms with Gasteiger partial charge in [0.05, 0.1) is 12.6 Å². The number of carbonyl (C=O) groups is 2. The molecule has 1 heterocycles. The van der Waals surface area contributed by atoms with E-state index in [4.69, 9.17) is 9.72 Å². The highest BCUT2D eigenvalue weighted by Crippen LogP contribution is 2.38. The molecule has 0 saturated heterocycles. The number of nitrogens with zero attached hydrogens (tertiary/aromatic N) is 1. The van der Waals surface area contributed by atoms with E-state index in [0.29, 0.717) is 42.2 Å². The van der Waals surface area contributed by atoms with Crippen molar-refractivity contribution in [3.63, 3.8) is 0 Å². The number of fused-ring (bicyclic) bond motifs is 1. The second kappa shape index (κ2) is 11.6. The molecular weight excluding hydrogens is 472 g/mol. The fourth-order valence-corrected chi connectivity index (χ4v) is 4.88. The predicted molar refractivity (Wildman–Crippen MR) is 152 cm³/mol.